The van der Waals surface area contributed by atoms with Gasteiger partial charge in [0.25, 0.3) is 0 Å². The molecule has 2 atom stereocenters. The maximum absolute atomic E-state index is 12.1. The molecule has 2 heteroatoms. The van der Waals surface area contributed by atoms with Crippen LogP contribution in [0.1, 0.15) is 44.6 Å². The van der Waals surface area contributed by atoms with Gasteiger partial charge < -0.3 is 4.74 Å². The summed E-state index contributed by atoms with van der Waals surface area (Å²) >= 11 is 0. The zero-order valence-electron chi connectivity index (χ0n) is 12.0. The Morgan fingerprint density at radius 3 is 2.63 bits per heavy atom. The standard InChI is InChI=1S/C17H24O2/c1-17(19-2,15-10-6-7-11-16(15)18)13-12-14-8-4-3-5-9-14/h3-5,8-9,15H,6-7,10-13H2,1-2H3. The summed E-state index contributed by atoms with van der Waals surface area (Å²) < 4.78 is 5.75. The van der Waals surface area contributed by atoms with Crippen molar-refractivity contribution in [1.82, 2.24) is 0 Å². The van der Waals surface area contributed by atoms with Crippen LogP contribution in [0.2, 0.25) is 0 Å². The molecule has 104 valence electrons. The smallest absolute Gasteiger partial charge is 0.138 e. The van der Waals surface area contributed by atoms with Crippen LogP contribution in [0.5, 0.6) is 0 Å². The molecule has 19 heavy (non-hydrogen) atoms. The monoisotopic (exact) mass is 260 g/mol. The van der Waals surface area contributed by atoms with Crippen LogP contribution in [-0.2, 0) is 16.0 Å². The summed E-state index contributed by atoms with van der Waals surface area (Å²) in [7, 11) is 1.74. The summed E-state index contributed by atoms with van der Waals surface area (Å²) in [5.74, 6) is 0.471. The third kappa shape index (κ3) is 3.44. The predicted octanol–water partition coefficient (Wildman–Crippen LogP) is 3.78. The fourth-order valence-electron chi connectivity index (χ4n) is 3.08. The van der Waals surface area contributed by atoms with Crippen molar-refractivity contribution in [3.8, 4) is 0 Å². The van der Waals surface area contributed by atoms with Gasteiger partial charge in [0.1, 0.15) is 5.78 Å². The Kier molecular flexibility index (Phi) is 4.76. The Morgan fingerprint density at radius 2 is 2.00 bits per heavy atom. The van der Waals surface area contributed by atoms with Crippen LogP contribution in [0.15, 0.2) is 30.3 Å². The summed E-state index contributed by atoms with van der Waals surface area (Å²) in [6.45, 7) is 2.10. The molecule has 2 rings (SSSR count). The summed E-state index contributed by atoms with van der Waals surface area (Å²) in [4.78, 5) is 12.1. The van der Waals surface area contributed by atoms with Crippen LogP contribution < -0.4 is 0 Å². The number of carbonyl (C=O) groups excluding carboxylic acids is 1. The van der Waals surface area contributed by atoms with Gasteiger partial charge in [0, 0.05) is 19.4 Å². The first-order valence-electron chi connectivity index (χ1n) is 7.27. The lowest BCUT2D eigenvalue weighted by atomic mass is 9.74. The highest BCUT2D eigenvalue weighted by Crippen LogP contribution is 2.35. The van der Waals surface area contributed by atoms with Gasteiger partial charge in [0.15, 0.2) is 0 Å². The number of hydrogen-bond donors (Lipinski definition) is 0. The van der Waals surface area contributed by atoms with Crippen molar-refractivity contribution in [3.63, 3.8) is 0 Å². The van der Waals surface area contributed by atoms with E-state index in [1.807, 2.05) is 6.07 Å². The summed E-state index contributed by atoms with van der Waals surface area (Å²) in [6.07, 6.45) is 5.79. The van der Waals surface area contributed by atoms with Crippen LogP contribution in [0.25, 0.3) is 0 Å². The molecule has 1 aliphatic carbocycles. The molecule has 0 bridgehead atoms. The Labute approximate surface area is 116 Å². The lowest BCUT2D eigenvalue weighted by Crippen LogP contribution is -2.43. The fraction of sp³-hybridized carbons (Fsp3) is 0.588. The largest absolute Gasteiger partial charge is 0.378 e. The number of ketones is 1. The zero-order chi connectivity index (χ0) is 13.7. The third-order valence-electron chi connectivity index (χ3n) is 4.51. The van der Waals surface area contributed by atoms with Gasteiger partial charge in [0.05, 0.1) is 5.60 Å². The van der Waals surface area contributed by atoms with Crippen LogP contribution in [0.4, 0.5) is 0 Å². The average molecular weight is 260 g/mol. The molecular weight excluding hydrogens is 236 g/mol. The zero-order valence-corrected chi connectivity index (χ0v) is 12.0. The molecular formula is C17H24O2. The molecule has 0 spiro atoms. The molecule has 1 fully saturated rings. The lowest BCUT2D eigenvalue weighted by molar-refractivity contribution is -0.138. The highest BCUT2D eigenvalue weighted by atomic mass is 16.5. The van der Waals surface area contributed by atoms with Gasteiger partial charge >= 0.3 is 0 Å². The van der Waals surface area contributed by atoms with E-state index in [1.54, 1.807) is 7.11 Å². The van der Waals surface area contributed by atoms with E-state index in [0.29, 0.717) is 5.78 Å². The minimum atomic E-state index is -0.312. The Morgan fingerprint density at radius 1 is 1.26 bits per heavy atom. The summed E-state index contributed by atoms with van der Waals surface area (Å²) in [5.41, 5.74) is 1.00. The van der Waals surface area contributed by atoms with E-state index in [4.69, 9.17) is 4.74 Å². The SMILES string of the molecule is COC(C)(CCc1ccccc1)C1CCCCC1=O. The first kappa shape index (κ1) is 14.3. The van der Waals surface area contributed by atoms with Crippen molar-refractivity contribution in [3.05, 3.63) is 35.9 Å². The van der Waals surface area contributed by atoms with Crippen LogP contribution in [-0.4, -0.2) is 18.5 Å². The van der Waals surface area contributed by atoms with Gasteiger partial charge in [-0.1, -0.05) is 36.8 Å². The number of aryl methyl sites for hydroxylation is 1. The molecule has 0 radical (unpaired) electrons. The molecule has 1 aromatic rings. The fourth-order valence-corrected chi connectivity index (χ4v) is 3.08. The van der Waals surface area contributed by atoms with Gasteiger partial charge in [0.2, 0.25) is 0 Å². The number of hydrogen-bond acceptors (Lipinski definition) is 2. The summed E-state index contributed by atoms with van der Waals surface area (Å²) in [6, 6.07) is 10.4. The minimum absolute atomic E-state index is 0.0787. The number of ether oxygens (including phenoxy) is 1. The highest BCUT2D eigenvalue weighted by molar-refractivity contribution is 5.82. The highest BCUT2D eigenvalue weighted by Gasteiger charge is 2.39. The van der Waals surface area contributed by atoms with E-state index >= 15 is 0 Å². The molecule has 0 saturated heterocycles. The molecule has 1 aliphatic rings. The second-order valence-electron chi connectivity index (χ2n) is 5.77. The third-order valence-corrected chi connectivity index (χ3v) is 4.51. The molecule has 0 N–H and O–H groups in total. The number of rotatable bonds is 5. The average Bonchev–Trinajstić information content (AvgIpc) is 2.46. The van der Waals surface area contributed by atoms with Crippen LogP contribution in [0, 0.1) is 5.92 Å². The van der Waals surface area contributed by atoms with Crippen LogP contribution in [0.3, 0.4) is 0 Å². The van der Waals surface area contributed by atoms with Crippen molar-refractivity contribution in [2.75, 3.05) is 7.11 Å². The number of benzene rings is 1. The van der Waals surface area contributed by atoms with Crippen molar-refractivity contribution in [2.24, 2.45) is 5.92 Å². The Hall–Kier alpha value is -1.15. The van der Waals surface area contributed by atoms with Gasteiger partial charge in [-0.15, -0.1) is 0 Å². The van der Waals surface area contributed by atoms with E-state index in [0.717, 1.165) is 38.5 Å². The minimum Gasteiger partial charge on any atom is -0.378 e. The van der Waals surface area contributed by atoms with Gasteiger partial charge in [-0.3, -0.25) is 4.79 Å². The maximum atomic E-state index is 12.1. The number of Topliss-reactive ketones (excluding diaryl/α,β-unsaturated/α-hetero) is 1. The topological polar surface area (TPSA) is 26.3 Å². The van der Waals surface area contributed by atoms with Crippen LogP contribution >= 0.6 is 0 Å². The Balaban J connectivity index is 2.03. The quantitative estimate of drug-likeness (QED) is 0.805. The molecule has 2 unspecified atom stereocenters. The second-order valence-corrected chi connectivity index (χ2v) is 5.77. The number of methoxy groups -OCH3 is 1. The molecule has 0 heterocycles. The first-order valence-corrected chi connectivity index (χ1v) is 7.27. The normalized spacial score (nSPS) is 23.1. The molecule has 1 saturated carbocycles. The maximum Gasteiger partial charge on any atom is 0.138 e. The second kappa shape index (κ2) is 6.33. The molecule has 0 aromatic heterocycles. The molecule has 1 aromatic carbocycles. The lowest BCUT2D eigenvalue weighted by Gasteiger charge is -2.38. The van der Waals surface area contributed by atoms with E-state index in [2.05, 4.69) is 31.2 Å². The van der Waals surface area contributed by atoms with E-state index in [-0.39, 0.29) is 11.5 Å². The van der Waals surface area contributed by atoms with E-state index in [1.165, 1.54) is 5.56 Å². The summed E-state index contributed by atoms with van der Waals surface area (Å²) in [5, 5.41) is 0. The van der Waals surface area contributed by atoms with E-state index < -0.39 is 0 Å². The van der Waals surface area contributed by atoms with Gasteiger partial charge in [-0.2, -0.15) is 0 Å². The van der Waals surface area contributed by atoms with Crippen molar-refractivity contribution in [2.45, 2.75) is 51.0 Å². The Bertz CT molecular complexity index is 413. The molecule has 0 amide bonds. The van der Waals surface area contributed by atoms with Crippen molar-refractivity contribution < 1.29 is 9.53 Å². The van der Waals surface area contributed by atoms with E-state index in [9.17, 15) is 4.79 Å². The van der Waals surface area contributed by atoms with Crippen molar-refractivity contribution in [1.29, 1.82) is 0 Å². The molecule has 2 nitrogen and oxygen atoms in total. The van der Waals surface area contributed by atoms with Gasteiger partial charge in [-0.25, -0.2) is 0 Å². The molecule has 0 aliphatic heterocycles. The number of carbonyl (C=O) groups is 1. The van der Waals surface area contributed by atoms with Crippen molar-refractivity contribution >= 4 is 5.78 Å². The van der Waals surface area contributed by atoms with Gasteiger partial charge in [-0.05, 0) is 38.2 Å². The predicted molar refractivity (Wildman–Crippen MR) is 77.1 cm³/mol. The first-order chi connectivity index (χ1) is 9.15.